The Labute approximate surface area is 101 Å². The summed E-state index contributed by atoms with van der Waals surface area (Å²) in [4.78, 5) is 7.30. The number of alkyl halides is 3. The monoisotopic (exact) mass is 256 g/mol. The molecule has 2 aromatic rings. The number of hydrogen-bond acceptors (Lipinski definition) is 3. The molecular weight excluding hydrogens is 245 g/mol. The fraction of sp³-hybridized carbons (Fsp3) is 0.273. The molecule has 4 nitrogen and oxygen atoms in total. The smallest absolute Gasteiger partial charge is 0.378 e. The first-order chi connectivity index (χ1) is 8.47. The van der Waals surface area contributed by atoms with Crippen LogP contribution in [0.1, 0.15) is 11.4 Å². The number of pyridine rings is 1. The van der Waals surface area contributed by atoms with E-state index in [2.05, 4.69) is 15.3 Å². The van der Waals surface area contributed by atoms with Gasteiger partial charge in [0.1, 0.15) is 5.69 Å². The highest BCUT2D eigenvalue weighted by molar-refractivity contribution is 5.41. The van der Waals surface area contributed by atoms with E-state index in [1.54, 1.807) is 12.5 Å². The number of rotatable bonds is 3. The van der Waals surface area contributed by atoms with Gasteiger partial charge in [0.15, 0.2) is 0 Å². The van der Waals surface area contributed by atoms with E-state index in [-0.39, 0.29) is 0 Å². The van der Waals surface area contributed by atoms with Crippen LogP contribution in [0.5, 0.6) is 0 Å². The van der Waals surface area contributed by atoms with Crippen molar-refractivity contribution in [2.75, 3.05) is 5.32 Å². The molecule has 0 amide bonds. The first kappa shape index (κ1) is 12.4. The topological polar surface area (TPSA) is 42.7 Å². The Balaban J connectivity index is 2.01. The van der Waals surface area contributed by atoms with Crippen molar-refractivity contribution >= 4 is 5.69 Å². The van der Waals surface area contributed by atoms with Gasteiger partial charge in [-0.3, -0.25) is 0 Å². The van der Waals surface area contributed by atoms with Gasteiger partial charge >= 0.3 is 6.18 Å². The average molecular weight is 256 g/mol. The molecule has 0 bridgehead atoms. The Kier molecular flexibility index (Phi) is 3.22. The molecule has 0 spiro atoms. The predicted octanol–water partition coefficient (Wildman–Crippen LogP) is 2.45. The fourth-order valence-corrected chi connectivity index (χ4v) is 1.41. The molecule has 0 aliphatic rings. The van der Waals surface area contributed by atoms with Gasteiger partial charge in [-0.1, -0.05) is 0 Å². The molecule has 2 rings (SSSR count). The van der Waals surface area contributed by atoms with Crippen LogP contribution < -0.4 is 5.32 Å². The van der Waals surface area contributed by atoms with Gasteiger partial charge in [0.25, 0.3) is 0 Å². The molecule has 0 radical (unpaired) electrons. The zero-order chi connectivity index (χ0) is 13.2. The third kappa shape index (κ3) is 2.79. The Morgan fingerprint density at radius 3 is 2.56 bits per heavy atom. The van der Waals surface area contributed by atoms with Crippen LogP contribution in [0.3, 0.4) is 0 Å². The number of aryl methyl sites for hydroxylation is 1. The maximum absolute atomic E-state index is 12.3. The van der Waals surface area contributed by atoms with Gasteiger partial charge < -0.3 is 9.88 Å². The third-order valence-electron chi connectivity index (χ3n) is 2.44. The number of aromatic nitrogens is 3. The van der Waals surface area contributed by atoms with Gasteiger partial charge in [0.05, 0.1) is 30.5 Å². The molecule has 0 aromatic carbocycles. The SMILES string of the molecule is Cn1cncc1CNc1ccc(C(F)(F)F)nc1. The van der Waals surface area contributed by atoms with Gasteiger partial charge in [-0.05, 0) is 12.1 Å². The van der Waals surface area contributed by atoms with Crippen molar-refractivity contribution in [1.82, 2.24) is 14.5 Å². The first-order valence-corrected chi connectivity index (χ1v) is 5.19. The van der Waals surface area contributed by atoms with Crippen LogP contribution in [-0.4, -0.2) is 14.5 Å². The molecule has 0 fully saturated rings. The van der Waals surface area contributed by atoms with Gasteiger partial charge in [-0.25, -0.2) is 9.97 Å². The highest BCUT2D eigenvalue weighted by atomic mass is 19.4. The van der Waals surface area contributed by atoms with E-state index < -0.39 is 11.9 Å². The minimum Gasteiger partial charge on any atom is -0.378 e. The summed E-state index contributed by atoms with van der Waals surface area (Å²) in [6, 6.07) is 2.30. The minimum absolute atomic E-state index is 0.476. The Bertz CT molecular complexity index is 516. The van der Waals surface area contributed by atoms with Crippen molar-refractivity contribution in [2.24, 2.45) is 7.05 Å². The molecule has 7 heteroatoms. The predicted molar refractivity (Wildman–Crippen MR) is 59.8 cm³/mol. The Morgan fingerprint density at radius 1 is 1.28 bits per heavy atom. The number of halogens is 3. The molecule has 96 valence electrons. The first-order valence-electron chi connectivity index (χ1n) is 5.19. The van der Waals surface area contributed by atoms with Crippen molar-refractivity contribution in [3.8, 4) is 0 Å². The molecule has 0 aliphatic heterocycles. The van der Waals surface area contributed by atoms with Crippen LogP contribution in [0, 0.1) is 0 Å². The maximum atomic E-state index is 12.3. The highest BCUT2D eigenvalue weighted by Gasteiger charge is 2.31. The van der Waals surface area contributed by atoms with E-state index >= 15 is 0 Å². The van der Waals surface area contributed by atoms with E-state index in [1.807, 2.05) is 11.6 Å². The largest absolute Gasteiger partial charge is 0.433 e. The Hall–Kier alpha value is -2.05. The van der Waals surface area contributed by atoms with E-state index in [4.69, 9.17) is 0 Å². The van der Waals surface area contributed by atoms with E-state index in [9.17, 15) is 13.2 Å². The maximum Gasteiger partial charge on any atom is 0.433 e. The quantitative estimate of drug-likeness (QED) is 0.917. The zero-order valence-corrected chi connectivity index (χ0v) is 9.57. The number of anilines is 1. The summed E-state index contributed by atoms with van der Waals surface area (Å²) in [5.74, 6) is 0. The molecule has 18 heavy (non-hydrogen) atoms. The summed E-state index contributed by atoms with van der Waals surface area (Å²) < 4.78 is 38.7. The van der Waals surface area contributed by atoms with Crippen molar-refractivity contribution in [3.05, 3.63) is 42.2 Å². The van der Waals surface area contributed by atoms with Gasteiger partial charge in [-0.2, -0.15) is 13.2 Å². The van der Waals surface area contributed by atoms with Crippen LogP contribution in [0.25, 0.3) is 0 Å². The second kappa shape index (κ2) is 4.67. The number of hydrogen-bond donors (Lipinski definition) is 1. The molecule has 2 aromatic heterocycles. The van der Waals surface area contributed by atoms with E-state index in [0.717, 1.165) is 11.8 Å². The molecule has 2 heterocycles. The van der Waals surface area contributed by atoms with E-state index in [1.165, 1.54) is 12.3 Å². The van der Waals surface area contributed by atoms with Gasteiger partial charge in [0, 0.05) is 13.2 Å². The molecule has 0 saturated carbocycles. The van der Waals surface area contributed by atoms with Crippen LogP contribution in [0.15, 0.2) is 30.9 Å². The summed E-state index contributed by atoms with van der Waals surface area (Å²) in [5, 5.41) is 2.98. The minimum atomic E-state index is -4.40. The van der Waals surface area contributed by atoms with Crippen molar-refractivity contribution in [3.63, 3.8) is 0 Å². The summed E-state index contributed by atoms with van der Waals surface area (Å²) >= 11 is 0. The van der Waals surface area contributed by atoms with Gasteiger partial charge in [0.2, 0.25) is 0 Å². The number of nitrogens with one attached hydrogen (secondary N) is 1. The number of nitrogens with zero attached hydrogens (tertiary/aromatic N) is 3. The standard InChI is InChI=1S/C11H11F3N4/c1-18-7-15-5-9(18)6-16-8-2-3-10(17-4-8)11(12,13)14/h2-5,7,16H,6H2,1H3. The molecule has 0 atom stereocenters. The van der Waals surface area contributed by atoms with Crippen LogP contribution in [0.4, 0.5) is 18.9 Å². The second-order valence-electron chi connectivity index (χ2n) is 3.78. The summed E-state index contributed by atoms with van der Waals surface area (Å²) in [6.45, 7) is 0.476. The summed E-state index contributed by atoms with van der Waals surface area (Å²) in [6.07, 6.45) is 0.103. The lowest BCUT2D eigenvalue weighted by atomic mass is 10.3. The third-order valence-corrected chi connectivity index (χ3v) is 2.44. The lowest BCUT2D eigenvalue weighted by Gasteiger charge is -2.08. The molecular formula is C11H11F3N4. The molecule has 1 N–H and O–H groups in total. The summed E-state index contributed by atoms with van der Waals surface area (Å²) in [5.41, 5.74) is 0.563. The summed E-state index contributed by atoms with van der Waals surface area (Å²) in [7, 11) is 1.84. The van der Waals surface area contributed by atoms with Crippen molar-refractivity contribution in [1.29, 1.82) is 0 Å². The van der Waals surface area contributed by atoms with Crippen LogP contribution in [0.2, 0.25) is 0 Å². The van der Waals surface area contributed by atoms with Crippen LogP contribution >= 0.6 is 0 Å². The molecule has 0 saturated heterocycles. The normalized spacial score (nSPS) is 11.6. The fourth-order valence-electron chi connectivity index (χ4n) is 1.41. The zero-order valence-electron chi connectivity index (χ0n) is 9.57. The molecule has 0 aliphatic carbocycles. The molecule has 0 unspecified atom stereocenters. The lowest BCUT2D eigenvalue weighted by molar-refractivity contribution is -0.141. The number of imidazole rings is 1. The van der Waals surface area contributed by atoms with Crippen molar-refractivity contribution < 1.29 is 13.2 Å². The highest BCUT2D eigenvalue weighted by Crippen LogP contribution is 2.27. The Morgan fingerprint density at radius 2 is 2.06 bits per heavy atom. The lowest BCUT2D eigenvalue weighted by Crippen LogP contribution is -2.09. The second-order valence-corrected chi connectivity index (χ2v) is 3.78. The van der Waals surface area contributed by atoms with Gasteiger partial charge in [-0.15, -0.1) is 0 Å². The average Bonchev–Trinajstić information content (AvgIpc) is 2.72. The van der Waals surface area contributed by atoms with E-state index in [0.29, 0.717) is 12.2 Å². The van der Waals surface area contributed by atoms with Crippen molar-refractivity contribution in [2.45, 2.75) is 12.7 Å². The van der Waals surface area contributed by atoms with Crippen LogP contribution in [-0.2, 0) is 19.8 Å².